The molecule has 3 rings (SSSR count). The van der Waals surface area contributed by atoms with E-state index in [-0.39, 0.29) is 17.4 Å². The quantitative estimate of drug-likeness (QED) is 0.609. The summed E-state index contributed by atoms with van der Waals surface area (Å²) < 4.78 is 18.8. The maximum absolute atomic E-state index is 13.6. The van der Waals surface area contributed by atoms with Gasteiger partial charge in [0.15, 0.2) is 0 Å². The second kappa shape index (κ2) is 9.19. The lowest BCUT2D eigenvalue weighted by Gasteiger charge is -2.10. The van der Waals surface area contributed by atoms with Crippen molar-refractivity contribution in [3.8, 4) is 5.75 Å². The molecular weight excluding hydrogens is 381 g/mol. The first-order valence-electron chi connectivity index (χ1n) is 8.65. The van der Waals surface area contributed by atoms with Gasteiger partial charge in [-0.3, -0.25) is 9.78 Å². The van der Waals surface area contributed by atoms with E-state index in [4.69, 9.17) is 16.3 Å². The molecule has 0 radical (unpaired) electrons. The third-order valence-electron chi connectivity index (χ3n) is 4.07. The Bertz CT molecular complexity index is 981. The standard InChI is InChI=1S/C21H19ClFN3O2/c1-28-20-7-6-15(12-17(20)22)26-16-9-11-24-19(13-16)21(27)25-10-8-14-4-2-3-5-18(14)23/h2-7,9,11-13H,8,10H2,1H3,(H,24,26)(H,25,27). The SMILES string of the molecule is COc1ccc(Nc2ccnc(C(=O)NCCc3ccccc3F)c2)cc1Cl. The van der Waals surface area contributed by atoms with Gasteiger partial charge >= 0.3 is 0 Å². The van der Waals surface area contributed by atoms with Crippen LogP contribution in [0.25, 0.3) is 0 Å². The molecule has 144 valence electrons. The molecule has 0 aliphatic heterocycles. The molecule has 0 fully saturated rings. The fourth-order valence-electron chi connectivity index (χ4n) is 2.65. The van der Waals surface area contributed by atoms with Gasteiger partial charge in [0, 0.05) is 24.1 Å². The van der Waals surface area contributed by atoms with Crippen molar-refractivity contribution in [1.29, 1.82) is 0 Å². The lowest BCUT2D eigenvalue weighted by Crippen LogP contribution is -2.26. The number of hydrogen-bond acceptors (Lipinski definition) is 4. The number of amides is 1. The molecule has 0 aliphatic carbocycles. The number of methoxy groups -OCH3 is 1. The molecule has 0 unspecified atom stereocenters. The van der Waals surface area contributed by atoms with Crippen molar-refractivity contribution in [3.63, 3.8) is 0 Å². The summed E-state index contributed by atoms with van der Waals surface area (Å²) in [4.78, 5) is 16.4. The highest BCUT2D eigenvalue weighted by atomic mass is 35.5. The number of carbonyl (C=O) groups is 1. The zero-order chi connectivity index (χ0) is 19.9. The molecule has 5 nitrogen and oxygen atoms in total. The minimum absolute atomic E-state index is 0.262. The smallest absolute Gasteiger partial charge is 0.269 e. The molecular formula is C21H19ClFN3O2. The Morgan fingerprint density at radius 3 is 2.68 bits per heavy atom. The fourth-order valence-corrected chi connectivity index (χ4v) is 2.90. The normalized spacial score (nSPS) is 10.4. The van der Waals surface area contributed by atoms with Crippen molar-refractivity contribution in [1.82, 2.24) is 10.3 Å². The molecule has 1 amide bonds. The number of nitrogens with zero attached hydrogens (tertiary/aromatic N) is 1. The maximum Gasteiger partial charge on any atom is 0.269 e. The molecule has 0 saturated carbocycles. The van der Waals surface area contributed by atoms with Crippen molar-refractivity contribution in [3.05, 3.63) is 82.9 Å². The number of carbonyl (C=O) groups excluding carboxylic acids is 1. The van der Waals surface area contributed by atoms with Gasteiger partial charge < -0.3 is 15.4 Å². The first kappa shape index (κ1) is 19.6. The fraction of sp³-hybridized carbons (Fsp3) is 0.143. The van der Waals surface area contributed by atoms with E-state index in [0.29, 0.717) is 35.0 Å². The predicted octanol–water partition coefficient (Wildman–Crippen LogP) is 4.60. The number of halogens is 2. The Morgan fingerprint density at radius 2 is 1.93 bits per heavy atom. The van der Waals surface area contributed by atoms with Crippen molar-refractivity contribution < 1.29 is 13.9 Å². The Kier molecular flexibility index (Phi) is 6.45. The molecule has 0 spiro atoms. The summed E-state index contributed by atoms with van der Waals surface area (Å²) in [6.07, 6.45) is 1.94. The summed E-state index contributed by atoms with van der Waals surface area (Å²) in [5.74, 6) is -0.0242. The third kappa shape index (κ3) is 4.98. The summed E-state index contributed by atoms with van der Waals surface area (Å²) in [7, 11) is 1.55. The van der Waals surface area contributed by atoms with Crippen LogP contribution in [0, 0.1) is 5.82 Å². The van der Waals surface area contributed by atoms with Crippen LogP contribution in [0.1, 0.15) is 16.1 Å². The molecule has 1 aromatic heterocycles. The average Bonchev–Trinajstić information content (AvgIpc) is 2.70. The van der Waals surface area contributed by atoms with E-state index in [1.54, 1.807) is 55.8 Å². The van der Waals surface area contributed by atoms with Crippen LogP contribution in [-0.2, 0) is 6.42 Å². The van der Waals surface area contributed by atoms with Crippen LogP contribution in [0.4, 0.5) is 15.8 Å². The van der Waals surface area contributed by atoms with E-state index in [1.807, 2.05) is 6.07 Å². The number of aromatic nitrogens is 1. The maximum atomic E-state index is 13.6. The number of rotatable bonds is 7. The van der Waals surface area contributed by atoms with Crippen molar-refractivity contribution in [2.75, 3.05) is 19.0 Å². The first-order valence-corrected chi connectivity index (χ1v) is 9.03. The van der Waals surface area contributed by atoms with E-state index in [0.717, 1.165) is 5.69 Å². The highest BCUT2D eigenvalue weighted by Crippen LogP contribution is 2.28. The van der Waals surface area contributed by atoms with E-state index < -0.39 is 0 Å². The number of nitrogens with one attached hydrogen (secondary N) is 2. The molecule has 0 bridgehead atoms. The zero-order valence-corrected chi connectivity index (χ0v) is 16.0. The van der Waals surface area contributed by atoms with Gasteiger partial charge in [0.2, 0.25) is 0 Å². The Hall–Kier alpha value is -3.12. The van der Waals surface area contributed by atoms with Gasteiger partial charge in [0.25, 0.3) is 5.91 Å². The second-order valence-corrected chi connectivity index (χ2v) is 6.41. The summed E-state index contributed by atoms with van der Waals surface area (Å²) in [5, 5.41) is 6.41. The number of anilines is 2. The van der Waals surface area contributed by atoms with Gasteiger partial charge in [-0.25, -0.2) is 4.39 Å². The molecule has 0 atom stereocenters. The van der Waals surface area contributed by atoms with Crippen LogP contribution in [0.3, 0.4) is 0 Å². The molecule has 1 heterocycles. The molecule has 3 aromatic rings. The molecule has 0 aliphatic rings. The van der Waals surface area contributed by atoms with Gasteiger partial charge in [-0.1, -0.05) is 29.8 Å². The monoisotopic (exact) mass is 399 g/mol. The van der Waals surface area contributed by atoms with Crippen LogP contribution in [0.5, 0.6) is 5.75 Å². The van der Waals surface area contributed by atoms with Gasteiger partial charge in [-0.15, -0.1) is 0 Å². The number of pyridine rings is 1. The predicted molar refractivity (Wildman–Crippen MR) is 108 cm³/mol. The summed E-state index contributed by atoms with van der Waals surface area (Å²) in [6.45, 7) is 0.313. The van der Waals surface area contributed by atoms with E-state index in [1.165, 1.54) is 6.07 Å². The largest absolute Gasteiger partial charge is 0.495 e. The number of hydrogen-bond donors (Lipinski definition) is 2. The molecule has 2 aromatic carbocycles. The van der Waals surface area contributed by atoms with Crippen LogP contribution in [0.2, 0.25) is 5.02 Å². The third-order valence-corrected chi connectivity index (χ3v) is 4.37. The van der Waals surface area contributed by atoms with Gasteiger partial charge in [-0.05, 0) is 48.4 Å². The van der Waals surface area contributed by atoms with Gasteiger partial charge in [0.05, 0.1) is 12.1 Å². The highest BCUT2D eigenvalue weighted by molar-refractivity contribution is 6.32. The Morgan fingerprint density at radius 1 is 1.14 bits per heavy atom. The van der Waals surface area contributed by atoms with Crippen molar-refractivity contribution in [2.24, 2.45) is 0 Å². The first-order chi connectivity index (χ1) is 13.6. The molecule has 7 heteroatoms. The van der Waals surface area contributed by atoms with Gasteiger partial charge in [0.1, 0.15) is 17.3 Å². The Balaban J connectivity index is 1.61. The van der Waals surface area contributed by atoms with Crippen LogP contribution in [-0.4, -0.2) is 24.5 Å². The van der Waals surface area contributed by atoms with E-state index in [2.05, 4.69) is 15.6 Å². The van der Waals surface area contributed by atoms with E-state index in [9.17, 15) is 9.18 Å². The lowest BCUT2D eigenvalue weighted by atomic mass is 10.1. The minimum Gasteiger partial charge on any atom is -0.495 e. The van der Waals surface area contributed by atoms with Crippen LogP contribution < -0.4 is 15.4 Å². The average molecular weight is 400 g/mol. The molecule has 28 heavy (non-hydrogen) atoms. The van der Waals surface area contributed by atoms with Gasteiger partial charge in [-0.2, -0.15) is 0 Å². The van der Waals surface area contributed by atoms with E-state index >= 15 is 0 Å². The van der Waals surface area contributed by atoms with Crippen LogP contribution >= 0.6 is 11.6 Å². The minimum atomic E-state index is -0.326. The number of ether oxygens (including phenoxy) is 1. The second-order valence-electron chi connectivity index (χ2n) is 6.00. The zero-order valence-electron chi connectivity index (χ0n) is 15.2. The molecule has 2 N–H and O–H groups in total. The number of benzene rings is 2. The summed E-state index contributed by atoms with van der Waals surface area (Å²) >= 11 is 6.13. The topological polar surface area (TPSA) is 63.2 Å². The summed E-state index contributed by atoms with van der Waals surface area (Å²) in [6, 6.07) is 15.2. The van der Waals surface area contributed by atoms with Crippen LogP contribution in [0.15, 0.2) is 60.8 Å². The molecule has 0 saturated heterocycles. The summed E-state index contributed by atoms with van der Waals surface area (Å²) in [5.41, 5.74) is 2.26. The lowest BCUT2D eigenvalue weighted by molar-refractivity contribution is 0.0949. The highest BCUT2D eigenvalue weighted by Gasteiger charge is 2.09. The van der Waals surface area contributed by atoms with Crippen molar-refractivity contribution in [2.45, 2.75) is 6.42 Å². The Labute approximate surface area is 167 Å². The van der Waals surface area contributed by atoms with Crippen molar-refractivity contribution >= 4 is 28.9 Å².